The van der Waals surface area contributed by atoms with E-state index in [0.29, 0.717) is 46.5 Å². The van der Waals surface area contributed by atoms with Crippen molar-refractivity contribution in [1.82, 2.24) is 14.5 Å². The van der Waals surface area contributed by atoms with E-state index in [9.17, 15) is 14.7 Å². The first-order chi connectivity index (χ1) is 18.7. The van der Waals surface area contributed by atoms with Crippen LogP contribution in [0.15, 0.2) is 71.3 Å². The first kappa shape index (κ1) is 26.3. The first-order valence-corrected chi connectivity index (χ1v) is 13.4. The number of thiophene rings is 1. The van der Waals surface area contributed by atoms with Gasteiger partial charge in [-0.25, -0.2) is 9.97 Å². The van der Waals surface area contributed by atoms with E-state index in [1.54, 1.807) is 45.2 Å². The second kappa shape index (κ2) is 10.8. The predicted molar refractivity (Wildman–Crippen MR) is 152 cm³/mol. The van der Waals surface area contributed by atoms with Gasteiger partial charge in [-0.2, -0.15) is 0 Å². The van der Waals surface area contributed by atoms with Crippen molar-refractivity contribution >= 4 is 45.7 Å². The lowest BCUT2D eigenvalue weighted by Crippen LogP contribution is -2.22. The fourth-order valence-electron chi connectivity index (χ4n) is 4.09. The second-order valence-electron chi connectivity index (χ2n) is 9.86. The van der Waals surface area contributed by atoms with Gasteiger partial charge < -0.3 is 19.4 Å². The van der Waals surface area contributed by atoms with Crippen LogP contribution >= 0.6 is 11.3 Å². The Hall–Kier alpha value is -4.28. The molecule has 200 valence electrons. The fraction of sp³-hybridized carbons (Fsp3) is 0.241. The maximum Gasteiger partial charge on any atom is 0.268 e. The van der Waals surface area contributed by atoms with Gasteiger partial charge in [0.15, 0.2) is 17.4 Å². The normalized spacial score (nSPS) is 11.6. The van der Waals surface area contributed by atoms with Gasteiger partial charge >= 0.3 is 0 Å². The highest BCUT2D eigenvalue weighted by molar-refractivity contribution is 7.17. The Morgan fingerprint density at radius 2 is 1.90 bits per heavy atom. The number of imidazole rings is 1. The lowest BCUT2D eigenvalue weighted by molar-refractivity contribution is 0.0667. The lowest BCUT2D eigenvalue weighted by atomic mass is 10.1. The van der Waals surface area contributed by atoms with Crippen molar-refractivity contribution in [2.45, 2.75) is 39.3 Å². The number of carbonyl (C=O) groups is 2. The zero-order chi connectivity index (χ0) is 27.6. The number of aryl methyl sites for hydroxylation is 2. The Kier molecular flexibility index (Phi) is 7.32. The highest BCUT2D eigenvalue weighted by Crippen LogP contribution is 2.30. The number of fused-ring (bicyclic) bond motifs is 1. The van der Waals surface area contributed by atoms with Crippen molar-refractivity contribution < 1.29 is 19.1 Å². The Morgan fingerprint density at radius 3 is 2.62 bits per heavy atom. The SMILES string of the molecule is Cc1ncc(-c2ccc(C(=O)Nc3nc4cc(NCC(=O)c5ccccc5)ccc4n3CCC(C)(C)O)s2)o1. The summed E-state index contributed by atoms with van der Waals surface area (Å²) >= 11 is 1.30. The molecular formula is C29H29N5O4S. The third-order valence-electron chi connectivity index (χ3n) is 6.16. The molecule has 0 radical (unpaired) electrons. The number of carbonyl (C=O) groups excluding carboxylic acids is 2. The predicted octanol–water partition coefficient (Wildman–Crippen LogP) is 5.77. The fourth-order valence-corrected chi connectivity index (χ4v) is 4.93. The van der Waals surface area contributed by atoms with Gasteiger partial charge in [0.25, 0.3) is 5.91 Å². The minimum atomic E-state index is -0.894. The van der Waals surface area contributed by atoms with Gasteiger partial charge in [-0.3, -0.25) is 14.9 Å². The number of Topliss-reactive ketones (excluding diaryl/α,β-unsaturated/α-hetero) is 1. The molecule has 3 heterocycles. The molecule has 0 fully saturated rings. The van der Waals surface area contributed by atoms with Crippen molar-refractivity contribution in [3.05, 3.63) is 83.2 Å². The van der Waals surface area contributed by atoms with Crippen molar-refractivity contribution in [3.8, 4) is 10.6 Å². The third kappa shape index (κ3) is 6.24. The molecule has 5 aromatic rings. The van der Waals surface area contributed by atoms with Crippen LogP contribution in [0.2, 0.25) is 0 Å². The summed E-state index contributed by atoms with van der Waals surface area (Å²) in [6, 6.07) is 18.3. The molecule has 0 unspecified atom stereocenters. The number of hydrogen-bond acceptors (Lipinski definition) is 8. The largest absolute Gasteiger partial charge is 0.440 e. The molecule has 0 aliphatic rings. The van der Waals surface area contributed by atoms with Crippen molar-refractivity contribution in [1.29, 1.82) is 0 Å². The van der Waals surface area contributed by atoms with Gasteiger partial charge in [-0.1, -0.05) is 30.3 Å². The summed E-state index contributed by atoms with van der Waals surface area (Å²) in [5, 5.41) is 16.4. The number of hydrogen-bond donors (Lipinski definition) is 3. The molecule has 0 bridgehead atoms. The monoisotopic (exact) mass is 543 g/mol. The van der Waals surface area contributed by atoms with Crippen molar-refractivity contribution in [2.24, 2.45) is 0 Å². The van der Waals surface area contributed by atoms with Crippen LogP contribution in [0.1, 0.15) is 46.2 Å². The first-order valence-electron chi connectivity index (χ1n) is 12.5. The Labute approximate surface area is 229 Å². The van der Waals surface area contributed by atoms with E-state index < -0.39 is 5.60 Å². The topological polar surface area (TPSA) is 122 Å². The molecule has 0 saturated carbocycles. The number of ketones is 1. The highest BCUT2D eigenvalue weighted by atomic mass is 32.1. The minimum absolute atomic E-state index is 0.0184. The number of oxazole rings is 1. The quantitative estimate of drug-likeness (QED) is 0.191. The molecule has 0 spiro atoms. The molecular weight excluding hydrogens is 514 g/mol. The zero-order valence-electron chi connectivity index (χ0n) is 21.9. The second-order valence-corrected chi connectivity index (χ2v) is 10.9. The lowest BCUT2D eigenvalue weighted by Gasteiger charge is -2.18. The number of aromatic nitrogens is 3. The standard InChI is InChI=1S/C29H29N5O4S/c1-18-30-17-24(38-18)25-11-12-26(39-25)27(36)33-28-32-21-15-20(31-16-23(35)19-7-5-4-6-8-19)9-10-22(21)34(28)14-13-29(2,3)37/h4-12,15,17,31,37H,13-14,16H2,1-3H3,(H,32,33,36). The van der Waals surface area contributed by atoms with Crippen LogP contribution in [0.3, 0.4) is 0 Å². The van der Waals surface area contributed by atoms with Crippen LogP contribution in [0.25, 0.3) is 21.7 Å². The third-order valence-corrected chi connectivity index (χ3v) is 7.26. The summed E-state index contributed by atoms with van der Waals surface area (Å²) in [4.78, 5) is 35.8. The summed E-state index contributed by atoms with van der Waals surface area (Å²) in [7, 11) is 0. The molecule has 9 nitrogen and oxygen atoms in total. The summed E-state index contributed by atoms with van der Waals surface area (Å²) in [6.07, 6.45) is 2.10. The maximum atomic E-state index is 13.2. The van der Waals surface area contributed by atoms with Crippen molar-refractivity contribution in [2.75, 3.05) is 17.2 Å². The molecule has 3 N–H and O–H groups in total. The number of aliphatic hydroxyl groups is 1. The molecule has 0 aliphatic carbocycles. The molecule has 0 saturated heterocycles. The van der Waals surface area contributed by atoms with Crippen LogP contribution < -0.4 is 10.6 Å². The van der Waals surface area contributed by atoms with Gasteiger partial charge in [-0.15, -0.1) is 11.3 Å². The molecule has 3 aromatic heterocycles. The number of benzene rings is 2. The van der Waals surface area contributed by atoms with E-state index >= 15 is 0 Å². The van der Waals surface area contributed by atoms with E-state index in [0.717, 1.165) is 16.1 Å². The van der Waals surface area contributed by atoms with Gasteiger partial charge in [0, 0.05) is 24.7 Å². The average molecular weight is 544 g/mol. The average Bonchev–Trinajstić information content (AvgIpc) is 3.64. The summed E-state index contributed by atoms with van der Waals surface area (Å²) < 4.78 is 7.46. The summed E-state index contributed by atoms with van der Waals surface area (Å²) in [5.74, 6) is 1.23. The van der Waals surface area contributed by atoms with Crippen LogP contribution in [0, 0.1) is 6.92 Å². The van der Waals surface area contributed by atoms with Gasteiger partial charge in [0.05, 0.1) is 39.1 Å². The number of anilines is 2. The smallest absolute Gasteiger partial charge is 0.268 e. The Morgan fingerprint density at radius 1 is 1.10 bits per heavy atom. The minimum Gasteiger partial charge on any atom is -0.440 e. The molecule has 0 aliphatic heterocycles. The number of rotatable bonds is 10. The van der Waals surface area contributed by atoms with E-state index in [2.05, 4.69) is 15.6 Å². The Bertz CT molecular complexity index is 1630. The molecule has 5 rings (SSSR count). The summed E-state index contributed by atoms with van der Waals surface area (Å²) in [6.45, 7) is 5.85. The highest BCUT2D eigenvalue weighted by Gasteiger charge is 2.20. The van der Waals surface area contributed by atoms with Crippen LogP contribution in [-0.4, -0.2) is 43.5 Å². The van der Waals surface area contributed by atoms with Gasteiger partial charge in [0.2, 0.25) is 5.95 Å². The molecule has 2 aromatic carbocycles. The van der Waals surface area contributed by atoms with E-state index in [4.69, 9.17) is 9.40 Å². The maximum absolute atomic E-state index is 13.2. The number of nitrogens with one attached hydrogen (secondary N) is 2. The van der Waals surface area contributed by atoms with E-state index in [-0.39, 0.29) is 18.2 Å². The number of nitrogens with zero attached hydrogens (tertiary/aromatic N) is 3. The Balaban J connectivity index is 1.38. The molecule has 10 heteroatoms. The van der Waals surface area contributed by atoms with E-state index in [1.165, 1.54) is 11.3 Å². The number of amides is 1. The molecule has 39 heavy (non-hydrogen) atoms. The van der Waals surface area contributed by atoms with Crippen LogP contribution in [0.4, 0.5) is 11.6 Å². The summed E-state index contributed by atoms with van der Waals surface area (Å²) in [5.41, 5.74) is 1.94. The van der Waals surface area contributed by atoms with Gasteiger partial charge in [0.1, 0.15) is 0 Å². The molecule has 1 amide bonds. The van der Waals surface area contributed by atoms with Crippen molar-refractivity contribution in [3.63, 3.8) is 0 Å². The van der Waals surface area contributed by atoms with Crippen LogP contribution in [-0.2, 0) is 6.54 Å². The zero-order valence-corrected chi connectivity index (χ0v) is 22.7. The van der Waals surface area contributed by atoms with Crippen LogP contribution in [0.5, 0.6) is 0 Å². The molecule has 0 atom stereocenters. The van der Waals surface area contributed by atoms with E-state index in [1.807, 2.05) is 47.0 Å². The van der Waals surface area contributed by atoms with Gasteiger partial charge in [-0.05, 0) is 50.6 Å².